The minimum absolute atomic E-state index is 0.185. The van der Waals surface area contributed by atoms with Crippen LogP contribution < -0.4 is 16.6 Å². The minimum atomic E-state index is -0.490. The fourth-order valence-electron chi connectivity index (χ4n) is 3.98. The first-order valence-electron chi connectivity index (χ1n) is 11.1. The summed E-state index contributed by atoms with van der Waals surface area (Å²) in [7, 11) is 0. The number of aryl methyl sites for hydroxylation is 1. The number of hydrogen-bond donors (Lipinski definition) is 1. The third-order valence-electron chi connectivity index (χ3n) is 5.84. The van der Waals surface area contributed by atoms with Crippen LogP contribution in [0.2, 0.25) is 5.02 Å². The van der Waals surface area contributed by atoms with Gasteiger partial charge in [0.25, 0.3) is 5.56 Å². The van der Waals surface area contributed by atoms with E-state index in [4.69, 9.17) is 11.6 Å². The molecule has 0 aliphatic rings. The normalized spacial score (nSPS) is 11.3. The van der Waals surface area contributed by atoms with Gasteiger partial charge in [0.15, 0.2) is 0 Å². The highest BCUT2D eigenvalue weighted by Crippen LogP contribution is 2.13. The number of nitrogens with one attached hydrogen (secondary N) is 1. The number of carbonyl (C=O) groups is 1. The van der Waals surface area contributed by atoms with Gasteiger partial charge in [-0.25, -0.2) is 13.9 Å². The number of rotatable bonds is 6. The van der Waals surface area contributed by atoms with Crippen LogP contribution in [0, 0.1) is 6.92 Å². The molecule has 176 valence electrons. The highest BCUT2D eigenvalue weighted by molar-refractivity contribution is 6.30. The van der Waals surface area contributed by atoms with Crippen molar-refractivity contribution in [2.75, 3.05) is 0 Å². The van der Waals surface area contributed by atoms with Gasteiger partial charge < -0.3 is 5.32 Å². The van der Waals surface area contributed by atoms with Gasteiger partial charge in [0.05, 0.1) is 17.4 Å². The zero-order valence-electron chi connectivity index (χ0n) is 18.9. The Hall–Kier alpha value is -4.17. The van der Waals surface area contributed by atoms with Crippen molar-refractivity contribution in [3.63, 3.8) is 0 Å². The number of halogens is 1. The average molecular weight is 488 g/mol. The summed E-state index contributed by atoms with van der Waals surface area (Å²) in [4.78, 5) is 39.3. The first-order valence-corrected chi connectivity index (χ1v) is 11.5. The third-order valence-corrected chi connectivity index (χ3v) is 6.09. The van der Waals surface area contributed by atoms with Crippen molar-refractivity contribution in [1.82, 2.24) is 24.1 Å². The molecule has 2 aromatic heterocycles. The summed E-state index contributed by atoms with van der Waals surface area (Å²) in [6.07, 6.45) is 0. The maximum atomic E-state index is 13.3. The van der Waals surface area contributed by atoms with Crippen molar-refractivity contribution in [2.24, 2.45) is 0 Å². The van der Waals surface area contributed by atoms with E-state index in [0.29, 0.717) is 22.5 Å². The van der Waals surface area contributed by atoms with Crippen LogP contribution in [-0.4, -0.2) is 24.7 Å². The van der Waals surface area contributed by atoms with Crippen LogP contribution in [0.4, 0.5) is 0 Å². The van der Waals surface area contributed by atoms with Crippen LogP contribution in [0.15, 0.2) is 82.4 Å². The van der Waals surface area contributed by atoms with E-state index in [1.54, 1.807) is 36.4 Å². The maximum Gasteiger partial charge on any atom is 0.352 e. The van der Waals surface area contributed by atoms with Gasteiger partial charge in [0.2, 0.25) is 11.7 Å². The number of amides is 1. The van der Waals surface area contributed by atoms with Crippen molar-refractivity contribution in [3.05, 3.63) is 115 Å². The third kappa shape index (κ3) is 4.48. The van der Waals surface area contributed by atoms with Gasteiger partial charge >= 0.3 is 5.69 Å². The zero-order chi connectivity index (χ0) is 24.5. The van der Waals surface area contributed by atoms with Crippen LogP contribution in [-0.2, 0) is 24.4 Å². The van der Waals surface area contributed by atoms with Gasteiger partial charge in [0, 0.05) is 11.6 Å². The fourth-order valence-corrected chi connectivity index (χ4v) is 4.11. The van der Waals surface area contributed by atoms with Crippen molar-refractivity contribution < 1.29 is 4.79 Å². The Bertz CT molecular complexity index is 1660. The molecule has 0 spiro atoms. The largest absolute Gasteiger partial charge is 0.352 e. The molecule has 1 N–H and O–H groups in total. The van der Waals surface area contributed by atoms with Gasteiger partial charge in [-0.3, -0.25) is 14.2 Å². The van der Waals surface area contributed by atoms with E-state index in [9.17, 15) is 14.4 Å². The molecule has 3 aromatic carbocycles. The number of benzene rings is 3. The molecule has 0 radical (unpaired) electrons. The minimum Gasteiger partial charge on any atom is -0.350 e. The predicted molar refractivity (Wildman–Crippen MR) is 135 cm³/mol. The van der Waals surface area contributed by atoms with E-state index < -0.39 is 5.69 Å². The van der Waals surface area contributed by atoms with E-state index in [0.717, 1.165) is 21.4 Å². The molecule has 0 bridgehead atoms. The molecule has 0 aliphatic heterocycles. The lowest BCUT2D eigenvalue weighted by molar-refractivity contribution is -0.122. The molecule has 0 fully saturated rings. The zero-order valence-corrected chi connectivity index (χ0v) is 19.7. The molecule has 0 unspecified atom stereocenters. The molecular formula is C26H22ClN5O3. The molecular weight excluding hydrogens is 466 g/mol. The lowest BCUT2D eigenvalue weighted by Crippen LogP contribution is -2.32. The Balaban J connectivity index is 1.53. The van der Waals surface area contributed by atoms with E-state index in [1.165, 1.54) is 8.97 Å². The Morgan fingerprint density at radius 3 is 2.37 bits per heavy atom. The van der Waals surface area contributed by atoms with Gasteiger partial charge in [-0.1, -0.05) is 65.7 Å². The van der Waals surface area contributed by atoms with Crippen LogP contribution in [0.1, 0.15) is 16.7 Å². The molecule has 5 rings (SSSR count). The number of para-hydroxylation sites is 1. The van der Waals surface area contributed by atoms with Gasteiger partial charge in [-0.15, -0.1) is 5.10 Å². The Labute approximate surface area is 205 Å². The van der Waals surface area contributed by atoms with Crippen molar-refractivity contribution in [3.8, 4) is 0 Å². The Kier molecular flexibility index (Phi) is 5.96. The van der Waals surface area contributed by atoms with Gasteiger partial charge in [-0.2, -0.15) is 0 Å². The molecule has 8 nitrogen and oxygen atoms in total. The molecule has 0 atom stereocenters. The lowest BCUT2D eigenvalue weighted by Gasteiger charge is -2.10. The summed E-state index contributed by atoms with van der Waals surface area (Å²) in [5.74, 6) is -0.188. The SMILES string of the molecule is Cc1ccc(Cn2c(=O)c3ccccc3n3c(=O)n(CC(=O)NCc4ccc(Cl)cc4)nc23)cc1. The molecule has 1 amide bonds. The number of carbonyl (C=O) groups excluding carboxylic acids is 1. The fraction of sp³-hybridized carbons (Fsp3) is 0.154. The molecule has 0 aliphatic carbocycles. The van der Waals surface area contributed by atoms with E-state index in [1.807, 2.05) is 43.3 Å². The van der Waals surface area contributed by atoms with Crippen molar-refractivity contribution in [2.45, 2.75) is 26.6 Å². The smallest absolute Gasteiger partial charge is 0.350 e. The first kappa shape index (κ1) is 22.6. The molecule has 9 heteroatoms. The molecule has 0 saturated carbocycles. The molecule has 2 heterocycles. The van der Waals surface area contributed by atoms with Gasteiger partial charge in [-0.05, 0) is 42.3 Å². The highest BCUT2D eigenvalue weighted by atomic mass is 35.5. The average Bonchev–Trinajstić information content (AvgIpc) is 3.18. The lowest BCUT2D eigenvalue weighted by atomic mass is 10.1. The monoisotopic (exact) mass is 487 g/mol. The number of hydrogen-bond acceptors (Lipinski definition) is 4. The summed E-state index contributed by atoms with van der Waals surface area (Å²) in [6, 6.07) is 21.8. The molecule has 5 aromatic rings. The number of aromatic nitrogens is 4. The Morgan fingerprint density at radius 2 is 1.63 bits per heavy atom. The van der Waals surface area contributed by atoms with E-state index in [2.05, 4.69) is 10.4 Å². The topological polar surface area (TPSA) is 90.4 Å². The van der Waals surface area contributed by atoms with Crippen LogP contribution >= 0.6 is 11.6 Å². The quantitative estimate of drug-likeness (QED) is 0.398. The number of fused-ring (bicyclic) bond motifs is 3. The van der Waals surface area contributed by atoms with Crippen LogP contribution in [0.25, 0.3) is 16.7 Å². The van der Waals surface area contributed by atoms with Crippen LogP contribution in [0.5, 0.6) is 0 Å². The predicted octanol–water partition coefficient (Wildman–Crippen LogP) is 3.14. The second-order valence-corrected chi connectivity index (χ2v) is 8.81. The van der Waals surface area contributed by atoms with Crippen molar-refractivity contribution in [1.29, 1.82) is 0 Å². The van der Waals surface area contributed by atoms with Crippen LogP contribution in [0.3, 0.4) is 0 Å². The second kappa shape index (κ2) is 9.23. The van der Waals surface area contributed by atoms with E-state index >= 15 is 0 Å². The van der Waals surface area contributed by atoms with Crippen molar-refractivity contribution >= 4 is 34.2 Å². The molecule has 0 saturated heterocycles. The summed E-state index contributed by atoms with van der Waals surface area (Å²) in [5.41, 5.74) is 2.59. The molecule has 35 heavy (non-hydrogen) atoms. The van der Waals surface area contributed by atoms with E-state index in [-0.39, 0.29) is 30.3 Å². The highest BCUT2D eigenvalue weighted by Gasteiger charge is 2.18. The van der Waals surface area contributed by atoms with Gasteiger partial charge in [0.1, 0.15) is 6.54 Å². The second-order valence-electron chi connectivity index (χ2n) is 8.37. The summed E-state index contributed by atoms with van der Waals surface area (Å²) < 4.78 is 3.94. The Morgan fingerprint density at radius 1 is 0.943 bits per heavy atom. The summed E-state index contributed by atoms with van der Waals surface area (Å²) >= 11 is 5.90. The summed E-state index contributed by atoms with van der Waals surface area (Å²) in [6.45, 7) is 2.25. The maximum absolute atomic E-state index is 13.3. The standard InChI is InChI=1S/C26H22ClN5O3/c1-17-6-8-19(9-7-17)15-30-24(34)21-4-2-3-5-22(21)32-25(30)29-31(26(32)35)16-23(33)28-14-18-10-12-20(27)13-11-18/h2-13H,14-16H2,1H3,(H,28,33). The number of nitrogens with zero attached hydrogens (tertiary/aromatic N) is 4. The summed E-state index contributed by atoms with van der Waals surface area (Å²) in [5, 5.41) is 8.20. The first-order chi connectivity index (χ1) is 16.9.